The van der Waals surface area contributed by atoms with Crippen LogP contribution in [0, 0.1) is 0 Å². The minimum Gasteiger partial charge on any atom is -0.480 e. The van der Waals surface area contributed by atoms with Crippen molar-refractivity contribution in [2.24, 2.45) is 0 Å². The molecule has 1 saturated heterocycles. The first-order valence-electron chi connectivity index (χ1n) is 4.69. The molecule has 0 bridgehead atoms. The molecular weight excluding hydrogens is 186 g/mol. The number of rotatable bonds is 5. The first-order chi connectivity index (χ1) is 6.21. The Kier molecular flexibility index (Phi) is 4.06. The van der Waals surface area contributed by atoms with Crippen molar-refractivity contribution in [1.82, 2.24) is 5.32 Å². The third-order valence-electron chi connectivity index (χ3n) is 2.61. The summed E-state index contributed by atoms with van der Waals surface area (Å²) in [7, 11) is 0. The van der Waals surface area contributed by atoms with E-state index < -0.39 is 11.5 Å². The topological polar surface area (TPSA) is 49.3 Å². The minimum atomic E-state index is -0.675. The highest BCUT2D eigenvalue weighted by Crippen LogP contribution is 2.25. The van der Waals surface area contributed by atoms with E-state index in [-0.39, 0.29) is 0 Å². The van der Waals surface area contributed by atoms with Crippen LogP contribution in [0.5, 0.6) is 0 Å². The number of hydrogen-bond donors (Lipinski definition) is 2. The van der Waals surface area contributed by atoms with Gasteiger partial charge in [0.15, 0.2) is 0 Å². The number of hydrogen-bond acceptors (Lipinski definition) is 3. The lowest BCUT2D eigenvalue weighted by atomic mass is 9.92. The van der Waals surface area contributed by atoms with Gasteiger partial charge in [-0.2, -0.15) is 11.8 Å². The highest BCUT2D eigenvalue weighted by Gasteiger charge is 2.40. The maximum Gasteiger partial charge on any atom is 0.323 e. The molecule has 13 heavy (non-hydrogen) atoms. The Morgan fingerprint density at radius 1 is 1.69 bits per heavy atom. The normalized spacial score (nSPS) is 27.8. The lowest BCUT2D eigenvalue weighted by Crippen LogP contribution is -2.47. The largest absolute Gasteiger partial charge is 0.480 e. The molecule has 0 radical (unpaired) electrons. The third-order valence-corrected chi connectivity index (χ3v) is 3.30. The summed E-state index contributed by atoms with van der Waals surface area (Å²) in [5.74, 6) is 0.377. The summed E-state index contributed by atoms with van der Waals surface area (Å²) in [4.78, 5) is 11.0. The van der Waals surface area contributed by atoms with E-state index in [2.05, 4.69) is 11.6 Å². The van der Waals surface area contributed by atoms with Gasteiger partial charge in [0.1, 0.15) is 5.54 Å². The zero-order chi connectivity index (χ0) is 9.73. The molecular formula is C9H17NO2S. The molecule has 0 amide bonds. The molecule has 1 heterocycles. The number of carboxylic acid groups (broad SMARTS) is 1. The van der Waals surface area contributed by atoms with Crippen molar-refractivity contribution in [3.05, 3.63) is 0 Å². The number of carbonyl (C=O) groups is 1. The average Bonchev–Trinajstić information content (AvgIpc) is 2.55. The second-order valence-corrected chi connectivity index (χ2v) is 4.50. The predicted octanol–water partition coefficient (Wildman–Crippen LogP) is 1.34. The monoisotopic (exact) mass is 203 g/mol. The molecule has 1 fully saturated rings. The van der Waals surface area contributed by atoms with Gasteiger partial charge in [0.05, 0.1) is 0 Å². The average molecular weight is 203 g/mol. The van der Waals surface area contributed by atoms with Crippen molar-refractivity contribution in [2.75, 3.05) is 18.6 Å². The number of aliphatic carboxylic acids is 1. The fourth-order valence-corrected chi connectivity index (χ4v) is 2.26. The first kappa shape index (κ1) is 10.9. The zero-order valence-electron chi connectivity index (χ0n) is 8.01. The summed E-state index contributed by atoms with van der Waals surface area (Å²) >= 11 is 1.77. The Hall–Kier alpha value is -0.220. The molecule has 1 rings (SSSR count). The Bertz CT molecular complexity index is 178. The molecule has 1 atom stereocenters. The van der Waals surface area contributed by atoms with Gasteiger partial charge in [-0.25, -0.2) is 0 Å². The highest BCUT2D eigenvalue weighted by molar-refractivity contribution is 7.98. The van der Waals surface area contributed by atoms with Crippen LogP contribution < -0.4 is 5.32 Å². The van der Waals surface area contributed by atoms with Crippen LogP contribution in [0.15, 0.2) is 0 Å². The van der Waals surface area contributed by atoms with Crippen LogP contribution in [0.4, 0.5) is 0 Å². The maximum atomic E-state index is 11.0. The maximum absolute atomic E-state index is 11.0. The molecule has 4 heteroatoms. The van der Waals surface area contributed by atoms with Gasteiger partial charge in [-0.1, -0.05) is 0 Å². The molecule has 0 saturated carbocycles. The molecule has 1 unspecified atom stereocenters. The van der Waals surface area contributed by atoms with E-state index in [0.29, 0.717) is 0 Å². The van der Waals surface area contributed by atoms with Crippen molar-refractivity contribution < 1.29 is 9.90 Å². The summed E-state index contributed by atoms with van der Waals surface area (Å²) < 4.78 is 0. The summed E-state index contributed by atoms with van der Waals surface area (Å²) in [6.07, 6.45) is 5.58. The second kappa shape index (κ2) is 4.86. The van der Waals surface area contributed by atoms with Crippen molar-refractivity contribution in [2.45, 2.75) is 31.2 Å². The van der Waals surface area contributed by atoms with E-state index >= 15 is 0 Å². The molecule has 0 aromatic heterocycles. The van der Waals surface area contributed by atoms with Crippen LogP contribution in [0.1, 0.15) is 25.7 Å². The van der Waals surface area contributed by atoms with Crippen LogP contribution in [0.3, 0.4) is 0 Å². The molecule has 3 nitrogen and oxygen atoms in total. The summed E-state index contributed by atoms with van der Waals surface area (Å²) in [6.45, 7) is 0.853. The number of carboxylic acids is 1. The van der Waals surface area contributed by atoms with Crippen LogP contribution in [-0.2, 0) is 4.79 Å². The van der Waals surface area contributed by atoms with Gasteiger partial charge >= 0.3 is 5.97 Å². The molecule has 0 aromatic carbocycles. The molecule has 0 aliphatic carbocycles. The quantitative estimate of drug-likeness (QED) is 0.662. The standard InChI is InChI=1S/C9H17NO2S/c1-13-7-3-5-9(8(11)12)4-2-6-10-9/h10H,2-7H2,1H3,(H,11,12). The van der Waals surface area contributed by atoms with E-state index in [1.807, 2.05) is 0 Å². The van der Waals surface area contributed by atoms with E-state index in [4.69, 9.17) is 5.11 Å². The van der Waals surface area contributed by atoms with Crippen LogP contribution in [0.25, 0.3) is 0 Å². The lowest BCUT2D eigenvalue weighted by Gasteiger charge is -2.23. The van der Waals surface area contributed by atoms with Gasteiger partial charge in [-0.15, -0.1) is 0 Å². The van der Waals surface area contributed by atoms with Gasteiger partial charge in [-0.05, 0) is 44.2 Å². The van der Waals surface area contributed by atoms with E-state index in [9.17, 15) is 4.79 Å². The predicted molar refractivity (Wildman–Crippen MR) is 55.2 cm³/mol. The minimum absolute atomic E-state index is 0.601. The van der Waals surface area contributed by atoms with E-state index in [0.717, 1.165) is 38.0 Å². The van der Waals surface area contributed by atoms with Crippen molar-refractivity contribution in [1.29, 1.82) is 0 Å². The highest BCUT2D eigenvalue weighted by atomic mass is 32.2. The van der Waals surface area contributed by atoms with Gasteiger partial charge in [0, 0.05) is 0 Å². The van der Waals surface area contributed by atoms with Gasteiger partial charge in [0.25, 0.3) is 0 Å². The second-order valence-electron chi connectivity index (χ2n) is 3.51. The Balaban J connectivity index is 2.43. The van der Waals surface area contributed by atoms with Crippen molar-refractivity contribution in [3.63, 3.8) is 0 Å². The third kappa shape index (κ3) is 2.61. The Labute approximate surface area is 83.3 Å². The molecule has 0 aromatic rings. The number of nitrogens with one attached hydrogen (secondary N) is 1. The number of thioether (sulfide) groups is 1. The molecule has 76 valence electrons. The van der Waals surface area contributed by atoms with Crippen molar-refractivity contribution in [3.8, 4) is 0 Å². The first-order valence-corrected chi connectivity index (χ1v) is 6.08. The zero-order valence-corrected chi connectivity index (χ0v) is 8.82. The molecule has 2 N–H and O–H groups in total. The molecule has 1 aliphatic rings. The Morgan fingerprint density at radius 3 is 2.92 bits per heavy atom. The Morgan fingerprint density at radius 2 is 2.46 bits per heavy atom. The van der Waals surface area contributed by atoms with Crippen LogP contribution in [0.2, 0.25) is 0 Å². The fourth-order valence-electron chi connectivity index (χ4n) is 1.83. The van der Waals surface area contributed by atoms with Gasteiger partial charge in [-0.3, -0.25) is 4.79 Å². The fraction of sp³-hybridized carbons (Fsp3) is 0.889. The van der Waals surface area contributed by atoms with Gasteiger partial charge in [0.2, 0.25) is 0 Å². The van der Waals surface area contributed by atoms with Crippen LogP contribution >= 0.6 is 11.8 Å². The summed E-state index contributed by atoms with van der Waals surface area (Å²) in [6, 6.07) is 0. The molecule has 1 aliphatic heterocycles. The van der Waals surface area contributed by atoms with Crippen molar-refractivity contribution >= 4 is 17.7 Å². The van der Waals surface area contributed by atoms with E-state index in [1.165, 1.54) is 0 Å². The lowest BCUT2D eigenvalue weighted by molar-refractivity contribution is -0.144. The van der Waals surface area contributed by atoms with Gasteiger partial charge < -0.3 is 10.4 Å². The smallest absolute Gasteiger partial charge is 0.323 e. The molecule has 0 spiro atoms. The summed E-state index contributed by atoms with van der Waals surface area (Å²) in [5, 5.41) is 12.2. The summed E-state index contributed by atoms with van der Waals surface area (Å²) in [5.41, 5.74) is -0.601. The van der Waals surface area contributed by atoms with Crippen LogP contribution in [-0.4, -0.2) is 35.2 Å². The van der Waals surface area contributed by atoms with E-state index in [1.54, 1.807) is 11.8 Å². The SMILES string of the molecule is CSCCCC1(C(=O)O)CCCN1.